The lowest BCUT2D eigenvalue weighted by molar-refractivity contribution is 0.0749. The number of aryl methyl sites for hydroxylation is 1. The van der Waals surface area contributed by atoms with Gasteiger partial charge in [-0.25, -0.2) is 0 Å². The van der Waals surface area contributed by atoms with Gasteiger partial charge in [-0.1, -0.05) is 45.0 Å². The van der Waals surface area contributed by atoms with Crippen LogP contribution in [0.25, 0.3) is 0 Å². The molecule has 0 fully saturated rings. The summed E-state index contributed by atoms with van der Waals surface area (Å²) in [6.45, 7) is 7.37. The number of hydrogen-bond acceptors (Lipinski definition) is 2. The largest absolute Gasteiger partial charge is 0.373 e. The van der Waals surface area contributed by atoms with E-state index in [0.29, 0.717) is 12.5 Å². The molecule has 0 unspecified atom stereocenters. The molecule has 0 N–H and O–H groups in total. The highest BCUT2D eigenvalue weighted by atomic mass is 16.5. The van der Waals surface area contributed by atoms with Crippen LogP contribution in [0.5, 0.6) is 0 Å². The Hall–Kier alpha value is -1.15. The molecular formula is C16H24O2. The molecule has 1 aromatic rings. The minimum atomic E-state index is 0.0715. The number of ether oxygens (including phenoxy) is 1. The fourth-order valence-corrected chi connectivity index (χ4v) is 1.77. The lowest BCUT2D eigenvalue weighted by Crippen LogP contribution is -2.10. The second kappa shape index (κ2) is 8.04. The average molecular weight is 248 g/mol. The van der Waals surface area contributed by atoms with Gasteiger partial charge < -0.3 is 4.74 Å². The van der Waals surface area contributed by atoms with Gasteiger partial charge in [0, 0.05) is 12.2 Å². The molecule has 0 aliphatic heterocycles. The van der Waals surface area contributed by atoms with Crippen molar-refractivity contribution in [3.63, 3.8) is 0 Å². The first-order chi connectivity index (χ1) is 8.63. The van der Waals surface area contributed by atoms with Crippen molar-refractivity contribution in [2.24, 2.45) is 5.92 Å². The van der Waals surface area contributed by atoms with E-state index in [4.69, 9.17) is 4.74 Å². The number of benzene rings is 1. The zero-order valence-corrected chi connectivity index (χ0v) is 11.7. The number of rotatable bonds is 8. The lowest BCUT2D eigenvalue weighted by Gasteiger charge is -2.06. The van der Waals surface area contributed by atoms with E-state index in [1.807, 2.05) is 24.3 Å². The second-order valence-corrected chi connectivity index (χ2v) is 5.06. The lowest BCUT2D eigenvalue weighted by atomic mass is 10.1. The Morgan fingerprint density at radius 2 is 1.89 bits per heavy atom. The van der Waals surface area contributed by atoms with Gasteiger partial charge in [-0.15, -0.1) is 0 Å². The maximum atomic E-state index is 11.8. The summed E-state index contributed by atoms with van der Waals surface area (Å²) < 4.78 is 5.41. The van der Waals surface area contributed by atoms with Crippen molar-refractivity contribution in [3.8, 4) is 0 Å². The van der Waals surface area contributed by atoms with E-state index in [-0.39, 0.29) is 12.4 Å². The van der Waals surface area contributed by atoms with Gasteiger partial charge in [-0.3, -0.25) is 4.79 Å². The highest BCUT2D eigenvalue weighted by Gasteiger charge is 2.05. The van der Waals surface area contributed by atoms with Crippen molar-refractivity contribution in [1.29, 1.82) is 0 Å². The van der Waals surface area contributed by atoms with Crippen molar-refractivity contribution in [1.82, 2.24) is 0 Å². The average Bonchev–Trinajstić information content (AvgIpc) is 2.38. The Bertz CT molecular complexity index is 352. The van der Waals surface area contributed by atoms with Crippen LogP contribution in [-0.2, 0) is 11.2 Å². The minimum absolute atomic E-state index is 0.0715. The maximum absolute atomic E-state index is 11.8. The van der Waals surface area contributed by atoms with E-state index in [0.717, 1.165) is 24.8 Å². The molecule has 2 heteroatoms. The van der Waals surface area contributed by atoms with Crippen LogP contribution in [0.3, 0.4) is 0 Å². The molecule has 0 heterocycles. The Morgan fingerprint density at radius 1 is 1.22 bits per heavy atom. The highest BCUT2D eigenvalue weighted by Crippen LogP contribution is 2.07. The molecule has 0 bridgehead atoms. The van der Waals surface area contributed by atoms with Crippen LogP contribution < -0.4 is 0 Å². The molecule has 0 radical (unpaired) electrons. The summed E-state index contributed by atoms with van der Waals surface area (Å²) in [4.78, 5) is 11.8. The van der Waals surface area contributed by atoms with Crippen LogP contribution in [0.1, 0.15) is 49.5 Å². The number of carbonyl (C=O) groups is 1. The first-order valence-corrected chi connectivity index (χ1v) is 6.83. The van der Waals surface area contributed by atoms with Gasteiger partial charge in [-0.05, 0) is 30.7 Å². The SMILES string of the molecule is CCc1ccc(C(=O)COCCCC(C)C)cc1. The molecule has 18 heavy (non-hydrogen) atoms. The van der Waals surface area contributed by atoms with E-state index < -0.39 is 0 Å². The van der Waals surface area contributed by atoms with Crippen molar-refractivity contribution >= 4 is 5.78 Å². The summed E-state index contributed by atoms with van der Waals surface area (Å²) >= 11 is 0. The van der Waals surface area contributed by atoms with Gasteiger partial charge in [0.05, 0.1) is 0 Å². The van der Waals surface area contributed by atoms with E-state index in [9.17, 15) is 4.79 Å². The van der Waals surface area contributed by atoms with Crippen molar-refractivity contribution < 1.29 is 9.53 Å². The zero-order valence-electron chi connectivity index (χ0n) is 11.7. The summed E-state index contributed by atoms with van der Waals surface area (Å²) in [5.74, 6) is 0.771. The normalized spacial score (nSPS) is 10.9. The molecule has 1 aromatic carbocycles. The third-order valence-electron chi connectivity index (χ3n) is 2.99. The molecule has 0 aliphatic carbocycles. The minimum Gasteiger partial charge on any atom is -0.373 e. The quantitative estimate of drug-likeness (QED) is 0.515. The van der Waals surface area contributed by atoms with Gasteiger partial charge in [0.15, 0.2) is 5.78 Å². The molecule has 0 amide bonds. The van der Waals surface area contributed by atoms with Crippen LogP contribution >= 0.6 is 0 Å². The van der Waals surface area contributed by atoms with E-state index >= 15 is 0 Å². The molecule has 0 spiro atoms. The van der Waals surface area contributed by atoms with Crippen LogP contribution in [0.4, 0.5) is 0 Å². The third kappa shape index (κ3) is 5.46. The molecule has 2 nitrogen and oxygen atoms in total. The predicted molar refractivity (Wildman–Crippen MR) is 75.0 cm³/mol. The van der Waals surface area contributed by atoms with E-state index in [2.05, 4.69) is 20.8 Å². The number of hydrogen-bond donors (Lipinski definition) is 0. The van der Waals surface area contributed by atoms with Gasteiger partial charge in [0.25, 0.3) is 0 Å². The van der Waals surface area contributed by atoms with Crippen molar-refractivity contribution in [3.05, 3.63) is 35.4 Å². The number of Topliss-reactive ketones (excluding diaryl/α,β-unsaturated/α-hetero) is 1. The van der Waals surface area contributed by atoms with Crippen molar-refractivity contribution in [2.75, 3.05) is 13.2 Å². The highest BCUT2D eigenvalue weighted by molar-refractivity contribution is 5.97. The van der Waals surface area contributed by atoms with E-state index in [1.54, 1.807) is 0 Å². The molecular weight excluding hydrogens is 224 g/mol. The first-order valence-electron chi connectivity index (χ1n) is 6.83. The molecule has 0 aromatic heterocycles. The van der Waals surface area contributed by atoms with Gasteiger partial charge in [-0.2, -0.15) is 0 Å². The van der Waals surface area contributed by atoms with Crippen LogP contribution in [0.15, 0.2) is 24.3 Å². The van der Waals surface area contributed by atoms with Crippen LogP contribution in [0.2, 0.25) is 0 Å². The van der Waals surface area contributed by atoms with Gasteiger partial charge in [0.1, 0.15) is 6.61 Å². The fourth-order valence-electron chi connectivity index (χ4n) is 1.77. The summed E-state index contributed by atoms with van der Waals surface area (Å²) in [6.07, 6.45) is 3.18. The Kier molecular flexibility index (Phi) is 6.66. The number of ketones is 1. The monoisotopic (exact) mass is 248 g/mol. The maximum Gasteiger partial charge on any atom is 0.188 e. The standard InChI is InChI=1S/C16H24O2/c1-4-14-7-9-15(10-8-14)16(17)12-18-11-5-6-13(2)3/h7-10,13H,4-6,11-12H2,1-3H3. The Morgan fingerprint density at radius 3 is 2.44 bits per heavy atom. The summed E-state index contributed by atoms with van der Waals surface area (Å²) in [5.41, 5.74) is 2.00. The second-order valence-electron chi connectivity index (χ2n) is 5.06. The Labute approximate surface area is 110 Å². The summed E-state index contributed by atoms with van der Waals surface area (Å²) in [5, 5.41) is 0. The van der Waals surface area contributed by atoms with E-state index in [1.165, 1.54) is 5.56 Å². The van der Waals surface area contributed by atoms with Crippen LogP contribution in [-0.4, -0.2) is 19.0 Å². The van der Waals surface area contributed by atoms with Gasteiger partial charge in [0.2, 0.25) is 0 Å². The zero-order chi connectivity index (χ0) is 13.4. The Balaban J connectivity index is 2.27. The molecule has 0 atom stereocenters. The summed E-state index contributed by atoms with van der Waals surface area (Å²) in [7, 11) is 0. The first kappa shape index (κ1) is 14.9. The molecule has 0 aliphatic rings. The fraction of sp³-hybridized carbons (Fsp3) is 0.562. The van der Waals surface area contributed by atoms with Crippen LogP contribution in [0, 0.1) is 5.92 Å². The summed E-state index contributed by atoms with van der Waals surface area (Å²) in [6, 6.07) is 7.79. The molecule has 0 saturated carbocycles. The molecule has 100 valence electrons. The molecule has 1 rings (SSSR count). The van der Waals surface area contributed by atoms with Gasteiger partial charge >= 0.3 is 0 Å². The molecule has 0 saturated heterocycles. The third-order valence-corrected chi connectivity index (χ3v) is 2.99. The topological polar surface area (TPSA) is 26.3 Å². The number of carbonyl (C=O) groups excluding carboxylic acids is 1. The van der Waals surface area contributed by atoms with Crippen molar-refractivity contribution in [2.45, 2.75) is 40.0 Å². The smallest absolute Gasteiger partial charge is 0.188 e. The predicted octanol–water partition coefficient (Wildman–Crippen LogP) is 3.88.